The van der Waals surface area contributed by atoms with Crippen molar-refractivity contribution in [1.82, 2.24) is 19.6 Å². The minimum Gasteiger partial charge on any atom is -0.342 e. The summed E-state index contributed by atoms with van der Waals surface area (Å²) in [4.78, 5) is 32.1. The molecule has 0 aliphatic rings. The SMILES string of the molecule is Cc1[nH]c2c(-c3ccccc3)c(C(F)(F)F)nn2c(=O)c1C(=O)Nc1cc#ccn1. The molecule has 3 heterocycles. The Bertz CT molecular complexity index is 1300. The summed E-state index contributed by atoms with van der Waals surface area (Å²) in [6, 6.07) is 14.3. The number of nitrogens with zero attached hydrogens (tertiary/aromatic N) is 3. The molecule has 0 unspecified atom stereocenters. The maximum atomic E-state index is 13.7. The Balaban J connectivity index is 1.93. The molecular weight excluding hydrogens is 399 g/mol. The van der Waals surface area contributed by atoms with Crippen molar-refractivity contribution < 1.29 is 18.0 Å². The van der Waals surface area contributed by atoms with Gasteiger partial charge in [-0.2, -0.15) is 22.8 Å². The van der Waals surface area contributed by atoms with Gasteiger partial charge in [-0.3, -0.25) is 9.59 Å². The van der Waals surface area contributed by atoms with Gasteiger partial charge in [0.25, 0.3) is 11.5 Å². The van der Waals surface area contributed by atoms with Gasteiger partial charge < -0.3 is 10.3 Å². The molecule has 1 amide bonds. The molecular formula is C20H12F3N5O2. The normalized spacial score (nSPS) is 11.3. The van der Waals surface area contributed by atoms with Crippen LogP contribution in [0.5, 0.6) is 0 Å². The molecule has 7 nitrogen and oxygen atoms in total. The van der Waals surface area contributed by atoms with Gasteiger partial charge in [0.15, 0.2) is 5.69 Å². The lowest BCUT2D eigenvalue weighted by molar-refractivity contribution is -0.140. The summed E-state index contributed by atoms with van der Waals surface area (Å²) in [5, 5.41) is 5.90. The smallest absolute Gasteiger partial charge is 0.342 e. The number of aromatic amines is 1. The van der Waals surface area contributed by atoms with E-state index in [4.69, 9.17) is 0 Å². The number of aryl methyl sites for hydroxylation is 1. The van der Waals surface area contributed by atoms with Crippen molar-refractivity contribution >= 4 is 17.4 Å². The van der Waals surface area contributed by atoms with Crippen LogP contribution < -0.4 is 10.9 Å². The van der Waals surface area contributed by atoms with Crippen LogP contribution in [0, 0.1) is 19.1 Å². The molecule has 0 fully saturated rings. The fraction of sp³-hybridized carbons (Fsp3) is 0.100. The van der Waals surface area contributed by atoms with E-state index < -0.39 is 23.3 Å². The number of benzene rings is 1. The van der Waals surface area contributed by atoms with Crippen LogP contribution in [0.25, 0.3) is 16.8 Å². The Morgan fingerprint density at radius 1 is 1.20 bits per heavy atom. The summed E-state index contributed by atoms with van der Waals surface area (Å²) in [5.74, 6) is -0.730. The van der Waals surface area contributed by atoms with Crippen LogP contribution in [0.4, 0.5) is 19.0 Å². The number of alkyl halides is 3. The molecule has 0 aliphatic heterocycles. The number of carbonyl (C=O) groups is 1. The molecule has 4 aromatic rings. The van der Waals surface area contributed by atoms with Crippen LogP contribution in [0.1, 0.15) is 21.7 Å². The molecule has 1 aromatic carbocycles. The lowest BCUT2D eigenvalue weighted by Gasteiger charge is -2.08. The van der Waals surface area contributed by atoms with Gasteiger partial charge in [0.05, 0.1) is 11.8 Å². The van der Waals surface area contributed by atoms with Gasteiger partial charge in [-0.05, 0) is 18.6 Å². The fourth-order valence-corrected chi connectivity index (χ4v) is 3.06. The van der Waals surface area contributed by atoms with Crippen LogP contribution in [-0.4, -0.2) is 25.5 Å². The van der Waals surface area contributed by atoms with Crippen molar-refractivity contribution in [2.24, 2.45) is 0 Å². The number of hydrogen-bond donors (Lipinski definition) is 2. The highest BCUT2D eigenvalue weighted by Crippen LogP contribution is 2.38. The molecule has 150 valence electrons. The zero-order valence-electron chi connectivity index (χ0n) is 15.3. The summed E-state index contributed by atoms with van der Waals surface area (Å²) in [6.07, 6.45) is -3.54. The van der Waals surface area contributed by atoms with Crippen LogP contribution >= 0.6 is 0 Å². The van der Waals surface area contributed by atoms with Gasteiger partial charge in [0, 0.05) is 11.8 Å². The lowest BCUT2D eigenvalue weighted by Crippen LogP contribution is -2.29. The maximum Gasteiger partial charge on any atom is 0.435 e. The number of anilines is 1. The number of carbonyl (C=O) groups excluding carboxylic acids is 1. The van der Waals surface area contributed by atoms with E-state index in [9.17, 15) is 22.8 Å². The van der Waals surface area contributed by atoms with Crippen molar-refractivity contribution in [3.05, 3.63) is 82.0 Å². The van der Waals surface area contributed by atoms with Gasteiger partial charge in [0.1, 0.15) is 17.0 Å². The summed E-state index contributed by atoms with van der Waals surface area (Å²) in [5.41, 5.74) is -2.71. The van der Waals surface area contributed by atoms with Gasteiger partial charge in [-0.25, -0.2) is 4.98 Å². The standard InChI is InChI=1S/C20H12F3N5O2/c1-11-14(18(29)26-13-9-5-6-10-24-13)19(30)28-17(25-11)15(12-7-3-2-4-8-12)16(27-28)20(21,22)23/h2-4,7-10,25H,1H3,(H,24,26,29). The monoisotopic (exact) mass is 411 g/mol. The Morgan fingerprint density at radius 3 is 2.57 bits per heavy atom. The summed E-state index contributed by atoms with van der Waals surface area (Å²) >= 11 is 0. The van der Waals surface area contributed by atoms with E-state index in [-0.39, 0.29) is 33.8 Å². The summed E-state index contributed by atoms with van der Waals surface area (Å²) in [6.45, 7) is 1.42. The zero-order valence-corrected chi connectivity index (χ0v) is 15.3. The highest BCUT2D eigenvalue weighted by Gasteiger charge is 2.39. The van der Waals surface area contributed by atoms with Gasteiger partial charge >= 0.3 is 6.18 Å². The molecule has 0 radical (unpaired) electrons. The first-order valence-electron chi connectivity index (χ1n) is 8.60. The predicted octanol–water partition coefficient (Wildman–Crippen LogP) is 3.26. The molecule has 30 heavy (non-hydrogen) atoms. The fourth-order valence-electron chi connectivity index (χ4n) is 3.06. The molecule has 0 saturated heterocycles. The number of nitrogens with one attached hydrogen (secondary N) is 2. The van der Waals surface area contributed by atoms with Crippen LogP contribution in [0.3, 0.4) is 0 Å². The largest absolute Gasteiger partial charge is 0.435 e. The van der Waals surface area contributed by atoms with E-state index in [0.29, 0.717) is 4.52 Å². The van der Waals surface area contributed by atoms with Crippen LogP contribution in [0.2, 0.25) is 0 Å². The number of aromatic nitrogens is 4. The van der Waals surface area contributed by atoms with Crippen molar-refractivity contribution in [2.75, 3.05) is 5.32 Å². The van der Waals surface area contributed by atoms with Crippen LogP contribution in [-0.2, 0) is 6.18 Å². The molecule has 0 aliphatic carbocycles. The third-order valence-electron chi connectivity index (χ3n) is 4.33. The second kappa shape index (κ2) is 7.04. The molecule has 3 aromatic heterocycles. The quantitative estimate of drug-likeness (QED) is 0.541. The number of H-pyrrole nitrogens is 1. The van der Waals surface area contributed by atoms with E-state index in [0.717, 1.165) is 0 Å². The van der Waals surface area contributed by atoms with Gasteiger partial charge in [-0.1, -0.05) is 36.4 Å². The Morgan fingerprint density at radius 2 is 1.93 bits per heavy atom. The third kappa shape index (κ3) is 3.26. The minimum absolute atomic E-state index is 0.0854. The molecule has 4 rings (SSSR count). The van der Waals surface area contributed by atoms with Crippen molar-refractivity contribution in [2.45, 2.75) is 13.1 Å². The average Bonchev–Trinajstić information content (AvgIpc) is 3.09. The van der Waals surface area contributed by atoms with E-state index in [1.165, 1.54) is 31.3 Å². The molecule has 10 heteroatoms. The van der Waals surface area contributed by atoms with E-state index in [1.54, 1.807) is 18.2 Å². The Labute approximate surface area is 167 Å². The topological polar surface area (TPSA) is 92.2 Å². The van der Waals surface area contributed by atoms with E-state index >= 15 is 0 Å². The summed E-state index contributed by atoms with van der Waals surface area (Å²) < 4.78 is 41.6. The third-order valence-corrected chi connectivity index (χ3v) is 4.33. The Kier molecular flexibility index (Phi) is 4.50. The first-order valence-corrected chi connectivity index (χ1v) is 8.60. The summed E-state index contributed by atoms with van der Waals surface area (Å²) in [7, 11) is 0. The molecule has 0 atom stereocenters. The van der Waals surface area contributed by atoms with E-state index in [2.05, 4.69) is 32.5 Å². The zero-order chi connectivity index (χ0) is 21.5. The number of halogens is 3. The van der Waals surface area contributed by atoms with Crippen molar-refractivity contribution in [3.63, 3.8) is 0 Å². The molecule has 0 spiro atoms. The second-order valence-corrected chi connectivity index (χ2v) is 6.31. The first kappa shape index (κ1) is 19.2. The molecule has 0 saturated carbocycles. The maximum absolute atomic E-state index is 13.7. The number of amides is 1. The van der Waals surface area contributed by atoms with Crippen molar-refractivity contribution in [3.8, 4) is 11.1 Å². The first-order chi connectivity index (χ1) is 14.3. The Hall–Kier alpha value is -4.13. The number of hydrogen-bond acceptors (Lipinski definition) is 4. The van der Waals surface area contributed by atoms with Crippen molar-refractivity contribution in [1.29, 1.82) is 0 Å². The van der Waals surface area contributed by atoms with E-state index in [1.807, 2.05) is 0 Å². The average molecular weight is 411 g/mol. The van der Waals surface area contributed by atoms with Crippen LogP contribution in [0.15, 0.2) is 47.4 Å². The highest BCUT2D eigenvalue weighted by atomic mass is 19.4. The minimum atomic E-state index is -4.81. The lowest BCUT2D eigenvalue weighted by atomic mass is 10.1. The molecule has 0 bridgehead atoms. The molecule has 2 N–H and O–H groups in total. The van der Waals surface area contributed by atoms with Gasteiger partial charge in [0.2, 0.25) is 0 Å². The highest BCUT2D eigenvalue weighted by molar-refractivity contribution is 6.04. The number of rotatable bonds is 3. The van der Waals surface area contributed by atoms with Gasteiger partial charge in [-0.15, -0.1) is 0 Å². The predicted molar refractivity (Wildman–Crippen MR) is 101 cm³/mol. The second-order valence-electron chi connectivity index (χ2n) is 6.31. The number of fused-ring (bicyclic) bond motifs is 1.